The van der Waals surface area contributed by atoms with Gasteiger partial charge in [0.1, 0.15) is 0 Å². The third-order valence-electron chi connectivity index (χ3n) is 1.51. The second-order valence-corrected chi connectivity index (χ2v) is 4.04. The number of hydrogen-bond donors (Lipinski definition) is 2. The molecule has 0 atom stereocenters. The minimum atomic E-state index is -4.20. The lowest BCUT2D eigenvalue weighted by Crippen LogP contribution is -2.06. The standard InChI is InChI=1S/C7H11O4P/c1-2-3-6-4-5-11-7(6)12(8,9)10/h4-5H,2-3H2,1H3,(H2,8,9,10). The molecule has 0 saturated carbocycles. The van der Waals surface area contributed by atoms with Crippen molar-refractivity contribution in [2.45, 2.75) is 19.8 Å². The van der Waals surface area contributed by atoms with Crippen LogP contribution in [0.25, 0.3) is 0 Å². The van der Waals surface area contributed by atoms with Crippen LogP contribution in [0.1, 0.15) is 18.9 Å². The second-order valence-electron chi connectivity index (χ2n) is 2.55. The van der Waals surface area contributed by atoms with Crippen LogP contribution in [0.3, 0.4) is 0 Å². The van der Waals surface area contributed by atoms with Gasteiger partial charge in [-0.05, 0) is 12.5 Å². The summed E-state index contributed by atoms with van der Waals surface area (Å²) >= 11 is 0. The summed E-state index contributed by atoms with van der Waals surface area (Å²) in [5.74, 6) is 0. The van der Waals surface area contributed by atoms with Gasteiger partial charge < -0.3 is 14.2 Å². The van der Waals surface area contributed by atoms with E-state index in [1.807, 2.05) is 6.92 Å². The van der Waals surface area contributed by atoms with E-state index in [0.717, 1.165) is 6.42 Å². The molecule has 0 amide bonds. The van der Waals surface area contributed by atoms with Gasteiger partial charge >= 0.3 is 7.60 Å². The number of hydrogen-bond acceptors (Lipinski definition) is 2. The minimum Gasteiger partial charge on any atom is -0.456 e. The average Bonchev–Trinajstić information content (AvgIpc) is 2.34. The van der Waals surface area contributed by atoms with E-state index in [9.17, 15) is 4.57 Å². The van der Waals surface area contributed by atoms with Gasteiger partial charge in [-0.1, -0.05) is 13.3 Å². The lowest BCUT2D eigenvalue weighted by molar-refractivity contribution is 0.376. The van der Waals surface area contributed by atoms with Crippen LogP contribution in [-0.4, -0.2) is 9.79 Å². The fourth-order valence-corrected chi connectivity index (χ4v) is 1.80. The van der Waals surface area contributed by atoms with Gasteiger partial charge in [0.15, 0.2) is 0 Å². The normalized spacial score (nSPS) is 11.9. The zero-order valence-electron chi connectivity index (χ0n) is 6.73. The van der Waals surface area contributed by atoms with Crippen LogP contribution in [0.4, 0.5) is 0 Å². The maximum absolute atomic E-state index is 10.8. The molecule has 0 fully saturated rings. The summed E-state index contributed by atoms with van der Waals surface area (Å²) in [5, 5.41) is 0. The molecule has 5 heteroatoms. The number of rotatable bonds is 3. The zero-order valence-corrected chi connectivity index (χ0v) is 7.62. The number of aryl methyl sites for hydroxylation is 1. The fourth-order valence-electron chi connectivity index (χ4n) is 1.04. The molecule has 1 rings (SSSR count). The molecule has 68 valence electrons. The van der Waals surface area contributed by atoms with Crippen LogP contribution in [0, 0.1) is 0 Å². The van der Waals surface area contributed by atoms with Crippen molar-refractivity contribution >= 4 is 13.1 Å². The first kappa shape index (κ1) is 9.52. The van der Waals surface area contributed by atoms with Crippen molar-refractivity contribution in [1.29, 1.82) is 0 Å². The van der Waals surface area contributed by atoms with E-state index in [-0.39, 0.29) is 5.50 Å². The fraction of sp³-hybridized carbons (Fsp3) is 0.429. The Morgan fingerprint density at radius 2 is 2.25 bits per heavy atom. The van der Waals surface area contributed by atoms with Gasteiger partial charge in [0, 0.05) is 5.56 Å². The van der Waals surface area contributed by atoms with E-state index in [4.69, 9.17) is 14.2 Å². The highest BCUT2D eigenvalue weighted by Crippen LogP contribution is 2.35. The molecule has 0 saturated heterocycles. The van der Waals surface area contributed by atoms with E-state index in [0.29, 0.717) is 12.0 Å². The molecule has 0 aliphatic rings. The molecule has 0 aliphatic heterocycles. The lowest BCUT2D eigenvalue weighted by Gasteiger charge is -2.01. The predicted octanol–water partition coefficient (Wildman–Crippen LogP) is 1.04. The quantitative estimate of drug-likeness (QED) is 0.698. The molecule has 12 heavy (non-hydrogen) atoms. The molecule has 4 nitrogen and oxygen atoms in total. The van der Waals surface area contributed by atoms with Gasteiger partial charge in [0.25, 0.3) is 0 Å². The molecule has 1 heterocycles. The lowest BCUT2D eigenvalue weighted by atomic mass is 10.2. The Labute approximate surface area is 70.4 Å². The van der Waals surface area contributed by atoms with Crippen LogP contribution in [0.2, 0.25) is 0 Å². The first-order chi connectivity index (χ1) is 5.55. The monoisotopic (exact) mass is 190 g/mol. The van der Waals surface area contributed by atoms with Gasteiger partial charge in [0.2, 0.25) is 5.50 Å². The van der Waals surface area contributed by atoms with Gasteiger partial charge in [-0.15, -0.1) is 0 Å². The molecule has 0 bridgehead atoms. The Hall–Kier alpha value is -0.570. The maximum Gasteiger partial charge on any atom is 0.391 e. The molecule has 0 unspecified atom stereocenters. The van der Waals surface area contributed by atoms with E-state index in [1.165, 1.54) is 6.26 Å². The summed E-state index contributed by atoms with van der Waals surface area (Å²) in [5.41, 5.74) is 0.412. The Bertz CT molecular complexity index is 298. The Morgan fingerprint density at radius 3 is 2.75 bits per heavy atom. The van der Waals surface area contributed by atoms with E-state index < -0.39 is 7.60 Å². The highest BCUT2D eigenvalue weighted by Gasteiger charge is 2.24. The molecule has 0 radical (unpaired) electrons. The third kappa shape index (κ3) is 1.97. The van der Waals surface area contributed by atoms with Crippen molar-refractivity contribution in [3.8, 4) is 0 Å². The Morgan fingerprint density at radius 1 is 1.58 bits per heavy atom. The zero-order chi connectivity index (χ0) is 9.19. The average molecular weight is 190 g/mol. The highest BCUT2D eigenvalue weighted by molar-refractivity contribution is 7.59. The van der Waals surface area contributed by atoms with Crippen LogP contribution >= 0.6 is 7.60 Å². The van der Waals surface area contributed by atoms with Crippen molar-refractivity contribution in [3.63, 3.8) is 0 Å². The first-order valence-corrected chi connectivity index (χ1v) is 5.29. The predicted molar refractivity (Wildman–Crippen MR) is 44.4 cm³/mol. The smallest absolute Gasteiger partial charge is 0.391 e. The topological polar surface area (TPSA) is 70.7 Å². The van der Waals surface area contributed by atoms with Crippen molar-refractivity contribution in [2.75, 3.05) is 0 Å². The van der Waals surface area contributed by atoms with Crippen LogP contribution in [-0.2, 0) is 11.0 Å². The molecule has 0 spiro atoms. The second kappa shape index (κ2) is 3.44. The van der Waals surface area contributed by atoms with E-state index >= 15 is 0 Å². The van der Waals surface area contributed by atoms with Crippen molar-refractivity contribution in [3.05, 3.63) is 17.9 Å². The van der Waals surface area contributed by atoms with Crippen molar-refractivity contribution in [1.82, 2.24) is 0 Å². The van der Waals surface area contributed by atoms with Crippen molar-refractivity contribution in [2.24, 2.45) is 0 Å². The molecular formula is C7H11O4P. The van der Waals surface area contributed by atoms with E-state index in [1.54, 1.807) is 6.07 Å². The molecule has 1 aromatic heterocycles. The summed E-state index contributed by atoms with van der Waals surface area (Å²) in [6.07, 6.45) is 2.78. The van der Waals surface area contributed by atoms with Gasteiger partial charge in [0.05, 0.1) is 6.26 Å². The van der Waals surface area contributed by atoms with Gasteiger partial charge in [-0.25, -0.2) is 0 Å². The van der Waals surface area contributed by atoms with Gasteiger partial charge in [-0.2, -0.15) is 0 Å². The molecule has 1 aromatic rings. The summed E-state index contributed by atoms with van der Waals surface area (Å²) in [7, 11) is -4.20. The third-order valence-corrected chi connectivity index (χ3v) is 2.43. The molecule has 2 N–H and O–H groups in total. The minimum absolute atomic E-state index is 0.190. The van der Waals surface area contributed by atoms with E-state index in [2.05, 4.69) is 0 Å². The Balaban J connectivity index is 2.99. The van der Waals surface area contributed by atoms with Crippen LogP contribution < -0.4 is 5.50 Å². The molecule has 0 aromatic carbocycles. The van der Waals surface area contributed by atoms with Crippen molar-refractivity contribution < 1.29 is 18.8 Å². The maximum atomic E-state index is 10.8. The Kier molecular flexibility index (Phi) is 2.73. The summed E-state index contributed by atoms with van der Waals surface area (Å²) in [4.78, 5) is 17.6. The molecule has 0 aliphatic carbocycles. The summed E-state index contributed by atoms with van der Waals surface area (Å²) in [6.45, 7) is 1.94. The van der Waals surface area contributed by atoms with Crippen LogP contribution in [0.15, 0.2) is 16.7 Å². The van der Waals surface area contributed by atoms with Gasteiger partial charge in [-0.3, -0.25) is 4.57 Å². The largest absolute Gasteiger partial charge is 0.456 e. The summed E-state index contributed by atoms with van der Waals surface area (Å²) < 4.78 is 15.5. The SMILES string of the molecule is CCCc1ccoc1P(=O)(O)O. The first-order valence-electron chi connectivity index (χ1n) is 3.68. The number of furan rings is 1. The highest BCUT2D eigenvalue weighted by atomic mass is 31.2. The molecular weight excluding hydrogens is 179 g/mol. The summed E-state index contributed by atoms with van der Waals surface area (Å²) in [6, 6.07) is 1.60. The van der Waals surface area contributed by atoms with Crippen LogP contribution in [0.5, 0.6) is 0 Å².